The summed E-state index contributed by atoms with van der Waals surface area (Å²) in [6.45, 7) is 1.18. The van der Waals surface area contributed by atoms with E-state index < -0.39 is 0 Å². The van der Waals surface area contributed by atoms with Crippen molar-refractivity contribution in [3.8, 4) is 5.88 Å². The fourth-order valence-electron chi connectivity index (χ4n) is 1.86. The first-order valence-electron chi connectivity index (χ1n) is 6.54. The topological polar surface area (TPSA) is 75.8 Å². The van der Waals surface area contributed by atoms with Crippen molar-refractivity contribution in [3.05, 3.63) is 41.9 Å². The first kappa shape index (κ1) is 14.8. The van der Waals surface area contributed by atoms with Crippen LogP contribution in [0.25, 0.3) is 0 Å². The van der Waals surface area contributed by atoms with Crippen LogP contribution < -0.4 is 10.1 Å². The van der Waals surface area contributed by atoms with Gasteiger partial charge in [0.1, 0.15) is 12.0 Å². The van der Waals surface area contributed by atoms with Crippen LogP contribution in [0.1, 0.15) is 11.4 Å². The third-order valence-electron chi connectivity index (χ3n) is 2.88. The Morgan fingerprint density at radius 3 is 2.90 bits per heavy atom. The number of guanidine groups is 1. The van der Waals surface area contributed by atoms with Crippen molar-refractivity contribution in [1.82, 2.24) is 20.4 Å². The number of rotatable bonds is 5. The van der Waals surface area contributed by atoms with E-state index in [2.05, 4.69) is 20.4 Å². The average molecular weight is 289 g/mol. The molecule has 0 fully saturated rings. The van der Waals surface area contributed by atoms with Crippen LogP contribution in [0.5, 0.6) is 5.88 Å². The first-order chi connectivity index (χ1) is 10.2. The summed E-state index contributed by atoms with van der Waals surface area (Å²) in [5.41, 5.74) is 1.73. The minimum atomic E-state index is 0.563. The minimum Gasteiger partial charge on any atom is -0.481 e. The number of aromatic nitrogens is 2. The van der Waals surface area contributed by atoms with Gasteiger partial charge in [0.2, 0.25) is 5.88 Å². The molecule has 0 spiro atoms. The molecule has 0 saturated heterocycles. The Kier molecular flexibility index (Phi) is 5.14. The summed E-state index contributed by atoms with van der Waals surface area (Å²) >= 11 is 0. The maximum absolute atomic E-state index is 5.11. The summed E-state index contributed by atoms with van der Waals surface area (Å²) in [7, 11) is 5.27. The maximum atomic E-state index is 5.11. The molecule has 0 aliphatic rings. The molecule has 0 bridgehead atoms. The van der Waals surface area contributed by atoms with Crippen molar-refractivity contribution < 1.29 is 9.26 Å². The molecule has 0 aliphatic heterocycles. The fraction of sp³-hybridized carbons (Fsp3) is 0.357. The zero-order chi connectivity index (χ0) is 15.1. The standard InChI is InChI=1S/C14H19N5O2/c1-15-14(19(2)10-12-7-8-21-18-12)16-9-11-5-4-6-13(17-11)20-3/h4-8H,9-10H2,1-3H3,(H,15,16). The van der Waals surface area contributed by atoms with Crippen molar-refractivity contribution in [1.29, 1.82) is 0 Å². The van der Waals surface area contributed by atoms with Gasteiger partial charge < -0.3 is 19.5 Å². The Labute approximate surface area is 123 Å². The molecule has 0 aromatic carbocycles. The lowest BCUT2D eigenvalue weighted by Gasteiger charge is -2.20. The first-order valence-corrected chi connectivity index (χ1v) is 6.54. The smallest absolute Gasteiger partial charge is 0.213 e. The summed E-state index contributed by atoms with van der Waals surface area (Å²) in [6.07, 6.45) is 1.56. The van der Waals surface area contributed by atoms with Gasteiger partial charge in [0.25, 0.3) is 0 Å². The third-order valence-corrected chi connectivity index (χ3v) is 2.88. The number of aliphatic imine (C=N–C) groups is 1. The molecule has 1 N–H and O–H groups in total. The molecule has 0 unspecified atom stereocenters. The van der Waals surface area contributed by atoms with Crippen molar-refractivity contribution in [2.45, 2.75) is 13.1 Å². The summed E-state index contributed by atoms with van der Waals surface area (Å²) in [5, 5.41) is 7.13. The molecule has 2 rings (SSSR count). The molecule has 0 aliphatic carbocycles. The highest BCUT2D eigenvalue weighted by Crippen LogP contribution is 2.06. The van der Waals surface area contributed by atoms with Crippen LogP contribution in [-0.2, 0) is 13.1 Å². The zero-order valence-corrected chi connectivity index (χ0v) is 12.4. The van der Waals surface area contributed by atoms with Gasteiger partial charge in [-0.05, 0) is 6.07 Å². The van der Waals surface area contributed by atoms with Gasteiger partial charge in [-0.3, -0.25) is 4.99 Å². The molecule has 7 nitrogen and oxygen atoms in total. The largest absolute Gasteiger partial charge is 0.481 e. The molecule has 2 aromatic heterocycles. The normalized spacial score (nSPS) is 11.3. The number of hydrogen-bond donors (Lipinski definition) is 1. The Balaban J connectivity index is 1.92. The molecule has 0 radical (unpaired) electrons. The SMILES string of the molecule is CN=C(NCc1cccc(OC)n1)N(C)Cc1ccon1. The molecular weight excluding hydrogens is 270 g/mol. The summed E-state index contributed by atoms with van der Waals surface area (Å²) in [6, 6.07) is 7.48. The second-order valence-electron chi connectivity index (χ2n) is 4.42. The maximum Gasteiger partial charge on any atom is 0.213 e. The predicted octanol–water partition coefficient (Wildman–Crippen LogP) is 1.29. The summed E-state index contributed by atoms with van der Waals surface area (Å²) in [5.74, 6) is 1.35. The van der Waals surface area contributed by atoms with E-state index in [0.717, 1.165) is 17.3 Å². The lowest BCUT2D eigenvalue weighted by Crippen LogP contribution is -2.38. The van der Waals surface area contributed by atoms with Crippen LogP contribution in [0.3, 0.4) is 0 Å². The molecule has 2 heterocycles. The second-order valence-corrected chi connectivity index (χ2v) is 4.42. The highest BCUT2D eigenvalue weighted by molar-refractivity contribution is 5.79. The van der Waals surface area contributed by atoms with E-state index in [4.69, 9.17) is 9.26 Å². The van der Waals surface area contributed by atoms with E-state index >= 15 is 0 Å². The molecule has 21 heavy (non-hydrogen) atoms. The summed E-state index contributed by atoms with van der Waals surface area (Å²) < 4.78 is 9.93. The van der Waals surface area contributed by atoms with Gasteiger partial charge in [-0.25, -0.2) is 4.98 Å². The zero-order valence-electron chi connectivity index (χ0n) is 12.4. The molecule has 0 amide bonds. The van der Waals surface area contributed by atoms with Crippen LogP contribution in [0, 0.1) is 0 Å². The van der Waals surface area contributed by atoms with Crippen LogP contribution in [0.4, 0.5) is 0 Å². The summed E-state index contributed by atoms with van der Waals surface area (Å²) in [4.78, 5) is 10.5. The lowest BCUT2D eigenvalue weighted by molar-refractivity contribution is 0.390. The molecule has 112 valence electrons. The van der Waals surface area contributed by atoms with Crippen LogP contribution in [0.15, 0.2) is 40.0 Å². The van der Waals surface area contributed by atoms with Crippen LogP contribution >= 0.6 is 0 Å². The van der Waals surface area contributed by atoms with Crippen LogP contribution in [0.2, 0.25) is 0 Å². The number of ether oxygens (including phenoxy) is 1. The van der Waals surface area contributed by atoms with E-state index in [0.29, 0.717) is 19.0 Å². The quantitative estimate of drug-likeness (QED) is 0.660. The average Bonchev–Trinajstić information content (AvgIpc) is 3.01. The van der Waals surface area contributed by atoms with Gasteiger partial charge in [-0.2, -0.15) is 0 Å². The van der Waals surface area contributed by atoms with Gasteiger partial charge in [-0.1, -0.05) is 11.2 Å². The molecule has 0 atom stereocenters. The van der Waals surface area contributed by atoms with Gasteiger partial charge in [0, 0.05) is 26.2 Å². The van der Waals surface area contributed by atoms with Crippen molar-refractivity contribution in [3.63, 3.8) is 0 Å². The van der Waals surface area contributed by atoms with E-state index in [1.165, 1.54) is 0 Å². The van der Waals surface area contributed by atoms with Gasteiger partial charge in [0.15, 0.2) is 5.96 Å². The molecule has 0 saturated carbocycles. The second kappa shape index (κ2) is 7.28. The van der Waals surface area contributed by atoms with Gasteiger partial charge in [-0.15, -0.1) is 0 Å². The molecule has 7 heteroatoms. The molecule has 2 aromatic rings. The van der Waals surface area contributed by atoms with E-state index in [1.807, 2.05) is 36.2 Å². The van der Waals surface area contributed by atoms with E-state index in [1.54, 1.807) is 20.4 Å². The van der Waals surface area contributed by atoms with Gasteiger partial charge in [0.05, 0.1) is 25.9 Å². The Hall–Kier alpha value is -2.57. The monoisotopic (exact) mass is 289 g/mol. The van der Waals surface area contributed by atoms with Crippen molar-refractivity contribution in [2.75, 3.05) is 21.2 Å². The number of methoxy groups -OCH3 is 1. The van der Waals surface area contributed by atoms with Crippen molar-refractivity contribution >= 4 is 5.96 Å². The Morgan fingerprint density at radius 2 is 2.24 bits per heavy atom. The highest BCUT2D eigenvalue weighted by atomic mass is 16.5. The van der Waals surface area contributed by atoms with Crippen molar-refractivity contribution in [2.24, 2.45) is 4.99 Å². The number of hydrogen-bond acceptors (Lipinski definition) is 5. The van der Waals surface area contributed by atoms with Crippen LogP contribution in [-0.4, -0.2) is 42.2 Å². The predicted molar refractivity (Wildman–Crippen MR) is 79.0 cm³/mol. The lowest BCUT2D eigenvalue weighted by atomic mass is 10.3. The number of nitrogens with one attached hydrogen (secondary N) is 1. The van der Waals surface area contributed by atoms with Gasteiger partial charge >= 0.3 is 0 Å². The van der Waals surface area contributed by atoms with E-state index in [-0.39, 0.29) is 0 Å². The van der Waals surface area contributed by atoms with E-state index in [9.17, 15) is 0 Å². The number of nitrogens with zero attached hydrogens (tertiary/aromatic N) is 4. The highest BCUT2D eigenvalue weighted by Gasteiger charge is 2.08. The molecular formula is C14H19N5O2. The Morgan fingerprint density at radius 1 is 1.38 bits per heavy atom. The Bertz CT molecular complexity index is 583. The fourth-order valence-corrected chi connectivity index (χ4v) is 1.86. The third kappa shape index (κ3) is 4.20. The number of pyridine rings is 1. The minimum absolute atomic E-state index is 0.563.